The van der Waals surface area contributed by atoms with Crippen LogP contribution in [0, 0.1) is 0 Å². The minimum absolute atomic E-state index is 0.876. The minimum Gasteiger partial charge on any atom is -0.369 e. The molecule has 0 spiro atoms. The number of nitrogens with one attached hydrogen (secondary N) is 1. The monoisotopic (exact) mass is 225 g/mol. The molecule has 4 heteroatoms. The summed E-state index contributed by atoms with van der Waals surface area (Å²) in [5.41, 5.74) is 0. The molecule has 0 aliphatic rings. The van der Waals surface area contributed by atoms with E-state index in [9.17, 15) is 0 Å². The van der Waals surface area contributed by atoms with Crippen LogP contribution < -0.4 is 5.32 Å². The number of anilines is 1. The molecule has 1 heterocycles. The second-order valence-electron chi connectivity index (χ2n) is 3.42. The third-order valence-electron chi connectivity index (χ3n) is 2.14. The van der Waals surface area contributed by atoms with Crippen LogP contribution in [0.5, 0.6) is 0 Å². The average Bonchev–Trinajstić information content (AvgIpc) is 2.29. The average molecular weight is 225 g/mol. The quantitative estimate of drug-likeness (QED) is 0.690. The third-order valence-corrected chi connectivity index (χ3v) is 2.84. The summed E-state index contributed by atoms with van der Waals surface area (Å²) >= 11 is 1.93. The van der Waals surface area contributed by atoms with Crippen molar-refractivity contribution in [3.63, 3.8) is 0 Å². The molecule has 0 unspecified atom stereocenters. The van der Waals surface area contributed by atoms with Crippen LogP contribution in [0.15, 0.2) is 18.6 Å². The Morgan fingerprint density at radius 1 is 1.20 bits per heavy atom. The largest absolute Gasteiger partial charge is 0.369 e. The highest BCUT2D eigenvalue weighted by Gasteiger charge is 1.92. The fourth-order valence-corrected chi connectivity index (χ4v) is 1.82. The molecule has 15 heavy (non-hydrogen) atoms. The maximum absolute atomic E-state index is 4.15. The van der Waals surface area contributed by atoms with Crippen molar-refractivity contribution in [3.05, 3.63) is 18.6 Å². The van der Waals surface area contributed by atoms with Gasteiger partial charge in [-0.2, -0.15) is 11.8 Å². The van der Waals surface area contributed by atoms with E-state index in [0.717, 1.165) is 12.4 Å². The lowest BCUT2D eigenvalue weighted by molar-refractivity contribution is 0.688. The Kier molecular flexibility index (Phi) is 7.00. The molecule has 0 radical (unpaired) electrons. The smallest absolute Gasteiger partial charge is 0.144 e. The van der Waals surface area contributed by atoms with Crippen molar-refractivity contribution >= 4 is 17.6 Å². The molecule has 0 aromatic carbocycles. The number of thioether (sulfide) groups is 1. The molecule has 0 saturated carbocycles. The predicted molar refractivity (Wildman–Crippen MR) is 67.4 cm³/mol. The van der Waals surface area contributed by atoms with Gasteiger partial charge in [0.25, 0.3) is 0 Å². The number of hydrogen-bond donors (Lipinski definition) is 1. The van der Waals surface area contributed by atoms with Crippen molar-refractivity contribution in [3.8, 4) is 0 Å². The fraction of sp³-hybridized carbons (Fsp3) is 0.636. The molecule has 0 amide bonds. The Morgan fingerprint density at radius 3 is 2.80 bits per heavy atom. The zero-order valence-corrected chi connectivity index (χ0v) is 10.1. The van der Waals surface area contributed by atoms with Gasteiger partial charge in [-0.3, -0.25) is 4.98 Å². The molecule has 0 aliphatic carbocycles. The molecule has 0 fully saturated rings. The van der Waals surface area contributed by atoms with Crippen molar-refractivity contribution in [1.82, 2.24) is 9.97 Å². The summed E-state index contributed by atoms with van der Waals surface area (Å²) in [5, 5.41) is 3.26. The van der Waals surface area contributed by atoms with Crippen molar-refractivity contribution < 1.29 is 0 Å². The van der Waals surface area contributed by atoms with E-state index in [1.165, 1.54) is 31.4 Å². The predicted octanol–water partition coefficient (Wildman–Crippen LogP) is 2.81. The second kappa shape index (κ2) is 8.53. The number of aromatic nitrogens is 2. The molecule has 1 aromatic rings. The lowest BCUT2D eigenvalue weighted by Crippen LogP contribution is -2.03. The molecular weight excluding hydrogens is 206 g/mol. The van der Waals surface area contributed by atoms with Gasteiger partial charge in [0.2, 0.25) is 0 Å². The van der Waals surface area contributed by atoms with Gasteiger partial charge in [-0.1, -0.05) is 12.8 Å². The summed E-state index contributed by atoms with van der Waals surface area (Å²) in [5.74, 6) is 2.17. The zero-order valence-electron chi connectivity index (χ0n) is 9.28. The van der Waals surface area contributed by atoms with Gasteiger partial charge < -0.3 is 5.32 Å². The number of unbranched alkanes of at least 4 members (excludes halogenated alkanes) is 3. The SMILES string of the molecule is CSCCCCCCNc1cnccn1. The zero-order chi connectivity index (χ0) is 10.8. The Bertz CT molecular complexity index is 241. The van der Waals surface area contributed by atoms with E-state index in [4.69, 9.17) is 0 Å². The molecule has 1 rings (SSSR count). The first-order chi connectivity index (χ1) is 7.43. The van der Waals surface area contributed by atoms with Gasteiger partial charge in [-0.05, 0) is 24.9 Å². The molecule has 0 bridgehead atoms. The maximum atomic E-state index is 4.15. The van der Waals surface area contributed by atoms with Crippen molar-refractivity contribution in [2.75, 3.05) is 23.9 Å². The highest BCUT2D eigenvalue weighted by Crippen LogP contribution is 2.05. The number of rotatable bonds is 8. The van der Waals surface area contributed by atoms with Gasteiger partial charge in [0.15, 0.2) is 0 Å². The van der Waals surface area contributed by atoms with E-state index in [-0.39, 0.29) is 0 Å². The van der Waals surface area contributed by atoms with Crippen LogP contribution in [0.25, 0.3) is 0 Å². The molecule has 1 aromatic heterocycles. The second-order valence-corrected chi connectivity index (χ2v) is 4.41. The Hall–Kier alpha value is -0.770. The van der Waals surface area contributed by atoms with Crippen LogP contribution in [-0.2, 0) is 0 Å². The summed E-state index contributed by atoms with van der Waals surface area (Å²) in [7, 11) is 0. The summed E-state index contributed by atoms with van der Waals surface area (Å²) in [6.45, 7) is 0.998. The van der Waals surface area contributed by atoms with E-state index < -0.39 is 0 Å². The molecule has 3 nitrogen and oxygen atoms in total. The summed E-state index contributed by atoms with van der Waals surface area (Å²) in [6.07, 6.45) is 12.5. The van der Waals surface area contributed by atoms with Gasteiger partial charge in [-0.25, -0.2) is 4.98 Å². The van der Waals surface area contributed by atoms with E-state index in [0.29, 0.717) is 0 Å². The first-order valence-electron chi connectivity index (χ1n) is 5.42. The van der Waals surface area contributed by atoms with Crippen LogP contribution in [0.1, 0.15) is 25.7 Å². The third kappa shape index (κ3) is 6.33. The van der Waals surface area contributed by atoms with Gasteiger partial charge in [-0.15, -0.1) is 0 Å². The van der Waals surface area contributed by atoms with Gasteiger partial charge in [0.1, 0.15) is 5.82 Å². The van der Waals surface area contributed by atoms with E-state index in [1.807, 2.05) is 11.8 Å². The highest BCUT2D eigenvalue weighted by atomic mass is 32.2. The minimum atomic E-state index is 0.876. The first-order valence-corrected chi connectivity index (χ1v) is 6.81. The molecular formula is C11H19N3S. The number of nitrogens with zero attached hydrogens (tertiary/aromatic N) is 2. The van der Waals surface area contributed by atoms with Crippen LogP contribution in [-0.4, -0.2) is 28.5 Å². The van der Waals surface area contributed by atoms with E-state index >= 15 is 0 Å². The standard InChI is InChI=1S/C11H19N3S/c1-15-9-5-3-2-4-6-13-11-10-12-7-8-14-11/h7-8,10H,2-6,9H2,1H3,(H,13,14). The topological polar surface area (TPSA) is 37.8 Å². The number of hydrogen-bond acceptors (Lipinski definition) is 4. The van der Waals surface area contributed by atoms with Crippen molar-refractivity contribution in [2.24, 2.45) is 0 Å². The van der Waals surface area contributed by atoms with Gasteiger partial charge >= 0.3 is 0 Å². The molecule has 0 saturated heterocycles. The maximum Gasteiger partial charge on any atom is 0.144 e. The summed E-state index contributed by atoms with van der Waals surface area (Å²) in [4.78, 5) is 8.15. The van der Waals surface area contributed by atoms with Crippen molar-refractivity contribution in [1.29, 1.82) is 0 Å². The lowest BCUT2D eigenvalue weighted by Gasteiger charge is -2.04. The lowest BCUT2D eigenvalue weighted by atomic mass is 10.2. The van der Waals surface area contributed by atoms with Crippen LogP contribution >= 0.6 is 11.8 Å². The van der Waals surface area contributed by atoms with Crippen LogP contribution in [0.4, 0.5) is 5.82 Å². The van der Waals surface area contributed by atoms with Crippen LogP contribution in [0.3, 0.4) is 0 Å². The Morgan fingerprint density at radius 2 is 2.07 bits per heavy atom. The summed E-state index contributed by atoms with van der Waals surface area (Å²) < 4.78 is 0. The van der Waals surface area contributed by atoms with Crippen LogP contribution in [0.2, 0.25) is 0 Å². The fourth-order valence-electron chi connectivity index (χ4n) is 1.33. The van der Waals surface area contributed by atoms with Crippen molar-refractivity contribution in [2.45, 2.75) is 25.7 Å². The van der Waals surface area contributed by atoms with Gasteiger partial charge in [0.05, 0.1) is 6.20 Å². The molecule has 1 N–H and O–H groups in total. The normalized spacial score (nSPS) is 10.2. The Balaban J connectivity index is 1.93. The highest BCUT2D eigenvalue weighted by molar-refractivity contribution is 7.98. The van der Waals surface area contributed by atoms with E-state index in [1.54, 1.807) is 18.6 Å². The molecule has 0 aliphatic heterocycles. The van der Waals surface area contributed by atoms with E-state index in [2.05, 4.69) is 21.5 Å². The molecule has 84 valence electrons. The van der Waals surface area contributed by atoms with Gasteiger partial charge in [0, 0.05) is 18.9 Å². The first kappa shape index (κ1) is 12.3. The molecule has 0 atom stereocenters. The summed E-state index contributed by atoms with van der Waals surface area (Å²) in [6, 6.07) is 0. The Labute approximate surface area is 96.1 Å².